The predicted octanol–water partition coefficient (Wildman–Crippen LogP) is 2.43. The van der Waals surface area contributed by atoms with Crippen LogP contribution in [0.3, 0.4) is 0 Å². The summed E-state index contributed by atoms with van der Waals surface area (Å²) in [4.78, 5) is 0. The van der Waals surface area contributed by atoms with Crippen LogP contribution in [0.4, 0.5) is 17.6 Å². The third kappa shape index (κ3) is 3.90. The van der Waals surface area contributed by atoms with Gasteiger partial charge in [0, 0.05) is 12.6 Å². The van der Waals surface area contributed by atoms with Crippen LogP contribution in [0, 0.1) is 0 Å². The van der Waals surface area contributed by atoms with Gasteiger partial charge in [-0.05, 0) is 19.3 Å². The van der Waals surface area contributed by atoms with Crippen molar-refractivity contribution in [3.63, 3.8) is 0 Å². The number of ether oxygens (including phenoxy) is 1. The van der Waals surface area contributed by atoms with Gasteiger partial charge in [-0.2, -0.15) is 8.78 Å². The molecule has 0 saturated carbocycles. The lowest BCUT2D eigenvalue weighted by Crippen LogP contribution is -2.46. The average molecular weight is 243 g/mol. The number of rotatable bonds is 5. The summed E-state index contributed by atoms with van der Waals surface area (Å²) >= 11 is 0. The van der Waals surface area contributed by atoms with Gasteiger partial charge in [-0.15, -0.1) is 0 Å². The summed E-state index contributed by atoms with van der Waals surface area (Å²) in [6, 6.07) is -0.150. The molecule has 0 amide bonds. The first-order chi connectivity index (χ1) is 7.45. The van der Waals surface area contributed by atoms with Gasteiger partial charge < -0.3 is 10.1 Å². The van der Waals surface area contributed by atoms with E-state index in [4.69, 9.17) is 4.74 Å². The highest BCUT2D eigenvalue weighted by Gasteiger charge is 2.40. The zero-order chi connectivity index (χ0) is 12.2. The number of hydrogen-bond donors (Lipinski definition) is 1. The predicted molar refractivity (Wildman–Crippen MR) is 52.0 cm³/mol. The molecule has 1 aliphatic heterocycles. The van der Waals surface area contributed by atoms with Crippen LogP contribution in [0.5, 0.6) is 0 Å². The Morgan fingerprint density at radius 3 is 2.69 bits per heavy atom. The van der Waals surface area contributed by atoms with Gasteiger partial charge in [0.25, 0.3) is 0 Å². The van der Waals surface area contributed by atoms with Gasteiger partial charge in [0.2, 0.25) is 0 Å². The second-order valence-electron chi connectivity index (χ2n) is 4.06. The van der Waals surface area contributed by atoms with Gasteiger partial charge in [-0.25, -0.2) is 8.78 Å². The molecule has 1 heterocycles. The van der Waals surface area contributed by atoms with Gasteiger partial charge in [-0.1, -0.05) is 6.92 Å². The Morgan fingerprint density at radius 2 is 2.12 bits per heavy atom. The molecule has 1 N–H and O–H groups in total. The van der Waals surface area contributed by atoms with Gasteiger partial charge in [-0.3, -0.25) is 0 Å². The molecule has 1 rings (SSSR count). The largest absolute Gasteiger partial charge is 0.378 e. The Hall–Kier alpha value is -0.360. The first-order valence-electron chi connectivity index (χ1n) is 5.46. The molecule has 96 valence electrons. The molecule has 16 heavy (non-hydrogen) atoms. The van der Waals surface area contributed by atoms with Gasteiger partial charge in [0.15, 0.2) is 0 Å². The maximum atomic E-state index is 12.6. The SMILES string of the molecule is CCC1CC(NCC(F)(F)C(F)F)CCO1. The van der Waals surface area contributed by atoms with E-state index in [1.165, 1.54) is 0 Å². The molecule has 0 aliphatic carbocycles. The lowest BCUT2D eigenvalue weighted by Gasteiger charge is -2.30. The highest BCUT2D eigenvalue weighted by molar-refractivity contribution is 4.80. The van der Waals surface area contributed by atoms with Crippen molar-refractivity contribution in [3.05, 3.63) is 0 Å². The number of alkyl halides is 4. The minimum absolute atomic E-state index is 0.0476. The van der Waals surface area contributed by atoms with E-state index in [2.05, 4.69) is 5.32 Å². The molecule has 2 atom stereocenters. The normalized spacial score (nSPS) is 27.4. The standard InChI is InChI=1S/C10H17F4NO/c1-2-8-5-7(3-4-16-8)15-6-10(13,14)9(11)12/h7-9,15H,2-6H2,1H3. The van der Waals surface area contributed by atoms with E-state index >= 15 is 0 Å². The van der Waals surface area contributed by atoms with Crippen LogP contribution in [0.2, 0.25) is 0 Å². The third-order valence-electron chi connectivity index (χ3n) is 2.77. The molecular weight excluding hydrogens is 226 g/mol. The van der Waals surface area contributed by atoms with Crippen molar-refractivity contribution in [2.24, 2.45) is 0 Å². The van der Waals surface area contributed by atoms with Crippen molar-refractivity contribution >= 4 is 0 Å². The van der Waals surface area contributed by atoms with E-state index in [0.717, 1.165) is 6.42 Å². The third-order valence-corrected chi connectivity index (χ3v) is 2.77. The van der Waals surface area contributed by atoms with Gasteiger partial charge >= 0.3 is 12.3 Å². The molecule has 2 unspecified atom stereocenters. The molecule has 6 heteroatoms. The van der Waals surface area contributed by atoms with Crippen LogP contribution < -0.4 is 5.32 Å². The Bertz CT molecular complexity index is 213. The van der Waals surface area contributed by atoms with Crippen LogP contribution in [0.25, 0.3) is 0 Å². The number of halogens is 4. The van der Waals surface area contributed by atoms with Crippen molar-refractivity contribution in [3.8, 4) is 0 Å². The second-order valence-corrected chi connectivity index (χ2v) is 4.06. The summed E-state index contributed by atoms with van der Waals surface area (Å²) in [5.74, 6) is -3.94. The molecule has 1 aliphatic rings. The second kappa shape index (κ2) is 5.82. The van der Waals surface area contributed by atoms with Crippen molar-refractivity contribution in [2.75, 3.05) is 13.2 Å². The molecule has 0 aromatic rings. The van der Waals surface area contributed by atoms with E-state index in [1.54, 1.807) is 0 Å². The van der Waals surface area contributed by atoms with Crippen LogP contribution in [0.1, 0.15) is 26.2 Å². The van der Waals surface area contributed by atoms with Crippen LogP contribution >= 0.6 is 0 Å². The lowest BCUT2D eigenvalue weighted by molar-refractivity contribution is -0.128. The first-order valence-corrected chi connectivity index (χ1v) is 5.46. The summed E-state index contributed by atoms with van der Waals surface area (Å²) in [7, 11) is 0. The van der Waals surface area contributed by atoms with E-state index in [-0.39, 0.29) is 12.1 Å². The van der Waals surface area contributed by atoms with Crippen molar-refractivity contribution in [1.29, 1.82) is 0 Å². The quantitative estimate of drug-likeness (QED) is 0.749. The highest BCUT2D eigenvalue weighted by atomic mass is 19.3. The number of hydrogen-bond acceptors (Lipinski definition) is 2. The summed E-state index contributed by atoms with van der Waals surface area (Å²) in [5, 5.41) is 2.50. The molecular formula is C10H17F4NO. The topological polar surface area (TPSA) is 21.3 Å². The fraction of sp³-hybridized carbons (Fsp3) is 1.00. The molecule has 0 aromatic heterocycles. The lowest BCUT2D eigenvalue weighted by atomic mass is 10.0. The van der Waals surface area contributed by atoms with Crippen molar-refractivity contribution in [2.45, 2.75) is 50.7 Å². The zero-order valence-corrected chi connectivity index (χ0v) is 9.19. The Labute approximate surface area is 92.3 Å². The van der Waals surface area contributed by atoms with Gasteiger partial charge in [0.1, 0.15) is 0 Å². The summed E-state index contributed by atoms with van der Waals surface area (Å²) in [5.41, 5.74) is 0. The molecule has 1 saturated heterocycles. The highest BCUT2D eigenvalue weighted by Crippen LogP contribution is 2.23. The van der Waals surface area contributed by atoms with E-state index in [0.29, 0.717) is 19.4 Å². The monoisotopic (exact) mass is 243 g/mol. The maximum absolute atomic E-state index is 12.6. The Kier molecular flexibility index (Phi) is 4.98. The minimum atomic E-state index is -3.94. The molecule has 0 radical (unpaired) electrons. The maximum Gasteiger partial charge on any atom is 0.319 e. The average Bonchev–Trinajstić information content (AvgIpc) is 2.26. The fourth-order valence-corrected chi connectivity index (χ4v) is 1.71. The smallest absolute Gasteiger partial charge is 0.319 e. The Morgan fingerprint density at radius 1 is 1.44 bits per heavy atom. The minimum Gasteiger partial charge on any atom is -0.378 e. The molecule has 0 spiro atoms. The molecule has 0 bridgehead atoms. The van der Waals surface area contributed by atoms with E-state index in [1.807, 2.05) is 6.92 Å². The summed E-state index contributed by atoms with van der Waals surface area (Å²) in [6.07, 6.45) is -1.55. The fourth-order valence-electron chi connectivity index (χ4n) is 1.71. The van der Waals surface area contributed by atoms with E-state index < -0.39 is 18.9 Å². The van der Waals surface area contributed by atoms with Crippen molar-refractivity contribution in [1.82, 2.24) is 5.32 Å². The van der Waals surface area contributed by atoms with Crippen LogP contribution in [-0.2, 0) is 4.74 Å². The number of nitrogens with one attached hydrogen (secondary N) is 1. The van der Waals surface area contributed by atoms with E-state index in [9.17, 15) is 17.6 Å². The van der Waals surface area contributed by atoms with Crippen LogP contribution in [-0.4, -0.2) is 37.6 Å². The Balaban J connectivity index is 2.32. The van der Waals surface area contributed by atoms with Gasteiger partial charge in [0.05, 0.1) is 12.6 Å². The summed E-state index contributed by atoms with van der Waals surface area (Å²) in [6.45, 7) is 1.48. The molecule has 2 nitrogen and oxygen atoms in total. The zero-order valence-electron chi connectivity index (χ0n) is 9.19. The van der Waals surface area contributed by atoms with Crippen LogP contribution in [0.15, 0.2) is 0 Å². The molecule has 0 aromatic carbocycles. The summed E-state index contributed by atoms with van der Waals surface area (Å²) < 4.78 is 54.4. The first kappa shape index (κ1) is 13.7. The molecule has 1 fully saturated rings. The van der Waals surface area contributed by atoms with Crippen molar-refractivity contribution < 1.29 is 22.3 Å².